The predicted molar refractivity (Wildman–Crippen MR) is 83.5 cm³/mol. The molecule has 1 heterocycles. The van der Waals surface area contributed by atoms with Crippen molar-refractivity contribution in [2.24, 2.45) is 0 Å². The SMILES string of the molecule is COc1cc(CNCCN(C)C(C)C)cc2c1OCCO2. The zero-order valence-electron chi connectivity index (χ0n) is 13.4. The van der Waals surface area contributed by atoms with Crippen molar-refractivity contribution in [2.45, 2.75) is 26.4 Å². The van der Waals surface area contributed by atoms with Crippen LogP contribution < -0.4 is 19.5 Å². The molecule has 0 spiro atoms. The van der Waals surface area contributed by atoms with E-state index in [9.17, 15) is 0 Å². The van der Waals surface area contributed by atoms with E-state index in [1.54, 1.807) is 7.11 Å². The van der Waals surface area contributed by atoms with Crippen molar-refractivity contribution in [3.8, 4) is 17.2 Å². The van der Waals surface area contributed by atoms with E-state index in [-0.39, 0.29) is 0 Å². The topological polar surface area (TPSA) is 43.0 Å². The van der Waals surface area contributed by atoms with Gasteiger partial charge in [-0.15, -0.1) is 0 Å². The van der Waals surface area contributed by atoms with Crippen LogP contribution in [0.4, 0.5) is 0 Å². The maximum absolute atomic E-state index is 5.64. The molecule has 2 rings (SSSR count). The van der Waals surface area contributed by atoms with E-state index < -0.39 is 0 Å². The third-order valence-corrected chi connectivity index (χ3v) is 3.74. The van der Waals surface area contributed by atoms with Crippen molar-refractivity contribution in [1.29, 1.82) is 0 Å². The molecular weight excluding hydrogens is 268 g/mol. The van der Waals surface area contributed by atoms with E-state index >= 15 is 0 Å². The molecule has 1 aliphatic rings. The lowest BCUT2D eigenvalue weighted by atomic mass is 10.1. The molecule has 21 heavy (non-hydrogen) atoms. The van der Waals surface area contributed by atoms with E-state index in [0.29, 0.717) is 25.0 Å². The van der Waals surface area contributed by atoms with Crippen molar-refractivity contribution in [3.05, 3.63) is 17.7 Å². The summed E-state index contributed by atoms with van der Waals surface area (Å²) in [6, 6.07) is 4.60. The summed E-state index contributed by atoms with van der Waals surface area (Å²) in [6.07, 6.45) is 0. The Kier molecular flexibility index (Phi) is 5.70. The first-order valence-electron chi connectivity index (χ1n) is 7.49. The van der Waals surface area contributed by atoms with Crippen LogP contribution in [0.3, 0.4) is 0 Å². The number of nitrogens with zero attached hydrogens (tertiary/aromatic N) is 1. The highest BCUT2D eigenvalue weighted by Crippen LogP contribution is 2.40. The Hall–Kier alpha value is -1.46. The van der Waals surface area contributed by atoms with Gasteiger partial charge in [0.05, 0.1) is 7.11 Å². The minimum Gasteiger partial charge on any atom is -0.493 e. The van der Waals surface area contributed by atoms with Gasteiger partial charge in [-0.05, 0) is 38.6 Å². The van der Waals surface area contributed by atoms with Crippen LogP contribution in [-0.4, -0.2) is 51.4 Å². The Balaban J connectivity index is 1.91. The zero-order valence-corrected chi connectivity index (χ0v) is 13.4. The van der Waals surface area contributed by atoms with Gasteiger partial charge in [0.2, 0.25) is 5.75 Å². The fraction of sp³-hybridized carbons (Fsp3) is 0.625. The number of nitrogens with one attached hydrogen (secondary N) is 1. The van der Waals surface area contributed by atoms with Crippen molar-refractivity contribution in [2.75, 3.05) is 40.5 Å². The molecule has 1 aliphatic heterocycles. The summed E-state index contributed by atoms with van der Waals surface area (Å²) < 4.78 is 16.6. The Bertz CT molecular complexity index is 446. The van der Waals surface area contributed by atoms with Crippen LogP contribution in [0.25, 0.3) is 0 Å². The largest absolute Gasteiger partial charge is 0.493 e. The number of fused-ring (bicyclic) bond motifs is 1. The number of likely N-dealkylation sites (N-methyl/N-ethyl adjacent to an activating group) is 1. The molecule has 5 heteroatoms. The highest BCUT2D eigenvalue weighted by Gasteiger charge is 2.18. The molecule has 0 unspecified atom stereocenters. The first kappa shape index (κ1) is 15.9. The summed E-state index contributed by atoms with van der Waals surface area (Å²) in [7, 11) is 3.79. The lowest BCUT2D eigenvalue weighted by Gasteiger charge is -2.22. The fourth-order valence-electron chi connectivity index (χ4n) is 2.18. The Labute approximate surface area is 127 Å². The predicted octanol–water partition coefficient (Wildman–Crippen LogP) is 1.90. The highest BCUT2D eigenvalue weighted by atomic mass is 16.6. The molecule has 0 atom stereocenters. The molecule has 5 nitrogen and oxygen atoms in total. The maximum Gasteiger partial charge on any atom is 0.203 e. The van der Waals surface area contributed by atoms with Gasteiger partial charge in [-0.1, -0.05) is 0 Å². The van der Waals surface area contributed by atoms with Crippen LogP contribution in [0.5, 0.6) is 17.2 Å². The molecule has 0 saturated carbocycles. The van der Waals surface area contributed by atoms with Crippen LogP contribution in [0.15, 0.2) is 12.1 Å². The number of methoxy groups -OCH3 is 1. The Morgan fingerprint density at radius 2 is 2.05 bits per heavy atom. The van der Waals surface area contributed by atoms with Gasteiger partial charge in [0.25, 0.3) is 0 Å². The molecule has 0 amide bonds. The van der Waals surface area contributed by atoms with Gasteiger partial charge in [-0.25, -0.2) is 0 Å². The Morgan fingerprint density at radius 3 is 2.76 bits per heavy atom. The zero-order chi connectivity index (χ0) is 15.2. The van der Waals surface area contributed by atoms with E-state index in [1.165, 1.54) is 0 Å². The van der Waals surface area contributed by atoms with E-state index in [1.807, 2.05) is 12.1 Å². The molecule has 118 valence electrons. The second kappa shape index (κ2) is 7.52. The van der Waals surface area contributed by atoms with Gasteiger partial charge in [-0.3, -0.25) is 0 Å². The minimum absolute atomic E-state index is 0.571. The van der Waals surface area contributed by atoms with Crippen LogP contribution in [0.1, 0.15) is 19.4 Å². The van der Waals surface area contributed by atoms with Gasteiger partial charge in [0.1, 0.15) is 13.2 Å². The first-order chi connectivity index (χ1) is 10.1. The van der Waals surface area contributed by atoms with Gasteiger partial charge >= 0.3 is 0 Å². The van der Waals surface area contributed by atoms with Crippen LogP contribution in [0, 0.1) is 0 Å². The molecule has 0 saturated heterocycles. The second-order valence-electron chi connectivity index (χ2n) is 5.57. The quantitative estimate of drug-likeness (QED) is 0.778. The van der Waals surface area contributed by atoms with Gasteiger partial charge in [0.15, 0.2) is 11.5 Å². The number of hydrogen-bond acceptors (Lipinski definition) is 5. The second-order valence-corrected chi connectivity index (χ2v) is 5.57. The third-order valence-electron chi connectivity index (χ3n) is 3.74. The number of benzene rings is 1. The summed E-state index contributed by atoms with van der Waals surface area (Å²) in [5.41, 5.74) is 1.14. The molecule has 0 bridgehead atoms. The van der Waals surface area contributed by atoms with E-state index in [2.05, 4.69) is 31.1 Å². The van der Waals surface area contributed by atoms with E-state index in [4.69, 9.17) is 14.2 Å². The normalized spacial score (nSPS) is 13.8. The molecule has 1 N–H and O–H groups in total. The summed E-state index contributed by atoms with van der Waals surface area (Å²) in [6.45, 7) is 8.33. The average molecular weight is 294 g/mol. The number of hydrogen-bond donors (Lipinski definition) is 1. The van der Waals surface area contributed by atoms with Gasteiger partial charge in [-0.2, -0.15) is 0 Å². The van der Waals surface area contributed by atoms with Crippen molar-refractivity contribution in [1.82, 2.24) is 10.2 Å². The molecule has 0 aromatic heterocycles. The summed E-state index contributed by atoms with van der Waals surface area (Å²) in [4.78, 5) is 2.32. The fourth-order valence-corrected chi connectivity index (χ4v) is 2.18. The molecule has 0 fully saturated rings. The first-order valence-corrected chi connectivity index (χ1v) is 7.49. The lowest BCUT2D eigenvalue weighted by molar-refractivity contribution is 0.165. The lowest BCUT2D eigenvalue weighted by Crippen LogP contribution is -2.33. The monoisotopic (exact) mass is 294 g/mol. The van der Waals surface area contributed by atoms with Gasteiger partial charge in [0, 0.05) is 25.7 Å². The van der Waals surface area contributed by atoms with Crippen molar-refractivity contribution < 1.29 is 14.2 Å². The third kappa shape index (κ3) is 4.25. The summed E-state index contributed by atoms with van der Waals surface area (Å²) in [5, 5.41) is 3.45. The summed E-state index contributed by atoms with van der Waals surface area (Å²) in [5.74, 6) is 2.23. The van der Waals surface area contributed by atoms with Crippen LogP contribution in [-0.2, 0) is 6.54 Å². The standard InChI is InChI=1S/C16H26N2O3/c1-12(2)18(3)6-5-17-11-13-9-14(19-4)16-15(10-13)20-7-8-21-16/h9-10,12,17H,5-8,11H2,1-4H3. The molecule has 1 aromatic carbocycles. The summed E-state index contributed by atoms with van der Waals surface area (Å²) >= 11 is 0. The van der Waals surface area contributed by atoms with Crippen molar-refractivity contribution >= 4 is 0 Å². The smallest absolute Gasteiger partial charge is 0.203 e. The molecule has 1 aromatic rings. The number of ether oxygens (including phenoxy) is 3. The van der Waals surface area contributed by atoms with Gasteiger partial charge < -0.3 is 24.4 Å². The van der Waals surface area contributed by atoms with Crippen LogP contribution in [0.2, 0.25) is 0 Å². The van der Waals surface area contributed by atoms with Crippen LogP contribution >= 0.6 is 0 Å². The Morgan fingerprint density at radius 1 is 1.29 bits per heavy atom. The highest BCUT2D eigenvalue weighted by molar-refractivity contribution is 5.54. The number of rotatable bonds is 7. The molecule has 0 aliphatic carbocycles. The minimum atomic E-state index is 0.571. The average Bonchev–Trinajstić information content (AvgIpc) is 2.50. The molecular formula is C16H26N2O3. The molecule has 0 radical (unpaired) electrons. The van der Waals surface area contributed by atoms with E-state index in [0.717, 1.165) is 36.7 Å². The maximum atomic E-state index is 5.64. The van der Waals surface area contributed by atoms with Crippen molar-refractivity contribution in [3.63, 3.8) is 0 Å².